The fraction of sp³-hybridized carbons (Fsp3) is 0.240. The molecule has 1 fully saturated rings. The third-order valence-electron chi connectivity index (χ3n) is 5.40. The zero-order valence-electron chi connectivity index (χ0n) is 16.0. The highest BCUT2D eigenvalue weighted by Crippen LogP contribution is 2.25. The highest BCUT2D eigenvalue weighted by atomic mass is 16.2. The first-order valence-corrected chi connectivity index (χ1v) is 9.96. The number of amides is 1. The number of benzene rings is 3. The van der Waals surface area contributed by atoms with Crippen LogP contribution in [0, 0.1) is 0 Å². The van der Waals surface area contributed by atoms with E-state index in [1.54, 1.807) is 0 Å². The predicted molar refractivity (Wildman–Crippen MR) is 113 cm³/mol. The molecule has 4 rings (SSSR count). The number of hydrogen-bond acceptors (Lipinski definition) is 2. The molecule has 3 heteroatoms. The smallest absolute Gasteiger partial charge is 0.232 e. The summed E-state index contributed by atoms with van der Waals surface area (Å²) in [6, 6.07) is 30.8. The second-order valence-corrected chi connectivity index (χ2v) is 7.47. The maximum Gasteiger partial charge on any atom is 0.232 e. The summed E-state index contributed by atoms with van der Waals surface area (Å²) in [5.41, 5.74) is 3.39. The SMILES string of the molecule is O=C(N[C@H]1CCN(Cc2ccccc2)C1)C(c1ccccc1)c1ccccc1. The molecule has 1 N–H and O–H groups in total. The van der Waals surface area contributed by atoms with E-state index in [2.05, 4.69) is 34.5 Å². The van der Waals surface area contributed by atoms with Crippen LogP contribution in [-0.2, 0) is 11.3 Å². The van der Waals surface area contributed by atoms with Crippen molar-refractivity contribution in [3.8, 4) is 0 Å². The molecular formula is C25H26N2O. The van der Waals surface area contributed by atoms with Crippen molar-refractivity contribution in [3.05, 3.63) is 108 Å². The minimum absolute atomic E-state index is 0.0870. The Labute approximate surface area is 167 Å². The van der Waals surface area contributed by atoms with Gasteiger partial charge in [0.1, 0.15) is 0 Å². The highest BCUT2D eigenvalue weighted by Gasteiger charge is 2.28. The normalized spacial score (nSPS) is 17.0. The zero-order valence-corrected chi connectivity index (χ0v) is 16.0. The minimum Gasteiger partial charge on any atom is -0.351 e. The van der Waals surface area contributed by atoms with Gasteiger partial charge in [0.15, 0.2) is 0 Å². The van der Waals surface area contributed by atoms with Crippen LogP contribution < -0.4 is 5.32 Å². The lowest BCUT2D eigenvalue weighted by Gasteiger charge is -2.21. The van der Waals surface area contributed by atoms with Crippen molar-refractivity contribution in [1.82, 2.24) is 10.2 Å². The van der Waals surface area contributed by atoms with Crippen LogP contribution in [0.4, 0.5) is 0 Å². The van der Waals surface area contributed by atoms with E-state index in [4.69, 9.17) is 0 Å². The van der Waals surface area contributed by atoms with E-state index < -0.39 is 0 Å². The van der Waals surface area contributed by atoms with Crippen LogP contribution in [0.25, 0.3) is 0 Å². The van der Waals surface area contributed by atoms with Crippen LogP contribution in [0.2, 0.25) is 0 Å². The van der Waals surface area contributed by atoms with E-state index >= 15 is 0 Å². The lowest BCUT2D eigenvalue weighted by Crippen LogP contribution is -2.40. The first kappa shape index (κ1) is 18.5. The molecule has 1 heterocycles. The van der Waals surface area contributed by atoms with Gasteiger partial charge in [-0.15, -0.1) is 0 Å². The number of likely N-dealkylation sites (tertiary alicyclic amines) is 1. The van der Waals surface area contributed by atoms with E-state index in [0.717, 1.165) is 37.2 Å². The van der Waals surface area contributed by atoms with E-state index in [0.29, 0.717) is 0 Å². The van der Waals surface area contributed by atoms with Crippen LogP contribution in [0.1, 0.15) is 29.0 Å². The van der Waals surface area contributed by atoms with Crippen molar-refractivity contribution in [2.24, 2.45) is 0 Å². The van der Waals surface area contributed by atoms with E-state index in [9.17, 15) is 4.79 Å². The van der Waals surface area contributed by atoms with Gasteiger partial charge >= 0.3 is 0 Å². The molecule has 1 aliphatic heterocycles. The van der Waals surface area contributed by atoms with Crippen molar-refractivity contribution in [1.29, 1.82) is 0 Å². The molecule has 1 aliphatic rings. The first-order valence-electron chi connectivity index (χ1n) is 9.96. The first-order chi connectivity index (χ1) is 13.8. The van der Waals surface area contributed by atoms with Gasteiger partial charge in [0.2, 0.25) is 5.91 Å². The molecule has 0 aromatic heterocycles. The fourth-order valence-electron chi connectivity index (χ4n) is 4.01. The molecule has 3 aromatic rings. The van der Waals surface area contributed by atoms with Gasteiger partial charge in [-0.1, -0.05) is 91.0 Å². The molecule has 142 valence electrons. The Balaban J connectivity index is 1.44. The lowest BCUT2D eigenvalue weighted by molar-refractivity contribution is -0.122. The van der Waals surface area contributed by atoms with Gasteiger partial charge in [-0.05, 0) is 23.1 Å². The van der Waals surface area contributed by atoms with Gasteiger partial charge in [0, 0.05) is 25.7 Å². The van der Waals surface area contributed by atoms with Gasteiger partial charge in [-0.2, -0.15) is 0 Å². The number of nitrogens with one attached hydrogen (secondary N) is 1. The van der Waals surface area contributed by atoms with Crippen LogP contribution in [0.5, 0.6) is 0 Å². The van der Waals surface area contributed by atoms with Gasteiger partial charge in [-0.25, -0.2) is 0 Å². The molecule has 1 atom stereocenters. The second kappa shape index (κ2) is 8.85. The molecule has 1 amide bonds. The van der Waals surface area contributed by atoms with E-state index in [-0.39, 0.29) is 17.9 Å². The molecule has 0 radical (unpaired) electrons. The Kier molecular flexibility index (Phi) is 5.83. The number of carbonyl (C=O) groups excluding carboxylic acids is 1. The second-order valence-electron chi connectivity index (χ2n) is 7.47. The summed E-state index contributed by atoms with van der Waals surface area (Å²) >= 11 is 0. The van der Waals surface area contributed by atoms with Crippen LogP contribution in [0.3, 0.4) is 0 Å². The Morgan fingerprint density at radius 2 is 1.39 bits per heavy atom. The van der Waals surface area contributed by atoms with Gasteiger partial charge in [-0.3, -0.25) is 9.69 Å². The Morgan fingerprint density at radius 3 is 1.96 bits per heavy atom. The fourth-order valence-corrected chi connectivity index (χ4v) is 4.01. The molecule has 0 unspecified atom stereocenters. The molecule has 0 bridgehead atoms. The monoisotopic (exact) mass is 370 g/mol. The average Bonchev–Trinajstić information content (AvgIpc) is 3.17. The van der Waals surface area contributed by atoms with Crippen molar-refractivity contribution in [2.45, 2.75) is 24.9 Å². The van der Waals surface area contributed by atoms with Gasteiger partial charge < -0.3 is 5.32 Å². The van der Waals surface area contributed by atoms with Crippen molar-refractivity contribution >= 4 is 5.91 Å². The topological polar surface area (TPSA) is 32.3 Å². The maximum absolute atomic E-state index is 13.2. The van der Waals surface area contributed by atoms with Crippen LogP contribution in [-0.4, -0.2) is 29.9 Å². The third kappa shape index (κ3) is 4.49. The Bertz CT molecular complexity index is 841. The summed E-state index contributed by atoms with van der Waals surface area (Å²) < 4.78 is 0. The molecule has 3 nitrogen and oxygen atoms in total. The molecule has 1 saturated heterocycles. The molecule has 0 aliphatic carbocycles. The lowest BCUT2D eigenvalue weighted by atomic mass is 9.90. The summed E-state index contributed by atoms with van der Waals surface area (Å²) in [7, 11) is 0. The quantitative estimate of drug-likeness (QED) is 0.705. The van der Waals surface area contributed by atoms with Crippen LogP contribution in [0.15, 0.2) is 91.0 Å². The van der Waals surface area contributed by atoms with Crippen molar-refractivity contribution in [3.63, 3.8) is 0 Å². The molecule has 0 spiro atoms. The van der Waals surface area contributed by atoms with E-state index in [1.165, 1.54) is 5.56 Å². The van der Waals surface area contributed by atoms with Crippen molar-refractivity contribution < 1.29 is 4.79 Å². The minimum atomic E-state index is -0.273. The Morgan fingerprint density at radius 1 is 0.857 bits per heavy atom. The number of rotatable bonds is 6. The molecule has 3 aromatic carbocycles. The maximum atomic E-state index is 13.2. The predicted octanol–water partition coefficient (Wildman–Crippen LogP) is 4.21. The van der Waals surface area contributed by atoms with Crippen LogP contribution >= 0.6 is 0 Å². The van der Waals surface area contributed by atoms with Gasteiger partial charge in [0.25, 0.3) is 0 Å². The van der Waals surface area contributed by atoms with E-state index in [1.807, 2.05) is 66.7 Å². The number of nitrogens with zero attached hydrogens (tertiary/aromatic N) is 1. The largest absolute Gasteiger partial charge is 0.351 e. The highest BCUT2D eigenvalue weighted by molar-refractivity contribution is 5.87. The summed E-state index contributed by atoms with van der Waals surface area (Å²) in [6.45, 7) is 2.85. The standard InChI is InChI=1S/C25H26N2O/c28-25(24(21-12-6-2-7-13-21)22-14-8-3-9-15-22)26-23-16-17-27(19-23)18-20-10-4-1-5-11-20/h1-15,23-24H,16-19H2,(H,26,28)/t23-/m0/s1. The zero-order chi connectivity index (χ0) is 19.2. The summed E-state index contributed by atoms with van der Waals surface area (Å²) in [4.78, 5) is 15.7. The number of carbonyl (C=O) groups is 1. The molecular weight excluding hydrogens is 344 g/mol. The third-order valence-corrected chi connectivity index (χ3v) is 5.40. The molecule has 28 heavy (non-hydrogen) atoms. The van der Waals surface area contributed by atoms with Crippen molar-refractivity contribution in [2.75, 3.05) is 13.1 Å². The summed E-state index contributed by atoms with van der Waals surface area (Å²) in [5.74, 6) is -0.186. The molecule has 0 saturated carbocycles. The average molecular weight is 370 g/mol. The van der Waals surface area contributed by atoms with Gasteiger partial charge in [0.05, 0.1) is 5.92 Å². The summed E-state index contributed by atoms with van der Waals surface area (Å²) in [6.07, 6.45) is 0.995. The summed E-state index contributed by atoms with van der Waals surface area (Å²) in [5, 5.41) is 3.31. The number of hydrogen-bond donors (Lipinski definition) is 1. The Hall–Kier alpha value is -2.91.